The molecule has 0 unspecified atom stereocenters. The van der Waals surface area contributed by atoms with Crippen LogP contribution in [0.3, 0.4) is 0 Å². The number of nitrogens with one attached hydrogen (secondary N) is 1. The van der Waals surface area contributed by atoms with Gasteiger partial charge in [0.1, 0.15) is 6.04 Å². The summed E-state index contributed by atoms with van der Waals surface area (Å²) in [6, 6.07) is -0.803. The maximum atomic E-state index is 11.2. The highest BCUT2D eigenvalue weighted by atomic mass is 32.2. The molecule has 0 aliphatic rings. The van der Waals surface area contributed by atoms with Crippen LogP contribution in [-0.4, -0.2) is 34.5 Å². The average molecular weight is 233 g/mol. The topological polar surface area (TPSA) is 66.4 Å². The molecule has 0 spiro atoms. The molecule has 15 heavy (non-hydrogen) atoms. The summed E-state index contributed by atoms with van der Waals surface area (Å²) in [5.41, 5.74) is 0. The fourth-order valence-corrected chi connectivity index (χ4v) is 1.88. The second-order valence-electron chi connectivity index (χ2n) is 3.86. The fraction of sp³-hybridized carbons (Fsp3) is 0.800. The van der Waals surface area contributed by atoms with Crippen LogP contribution < -0.4 is 5.32 Å². The van der Waals surface area contributed by atoms with Crippen molar-refractivity contribution in [3.05, 3.63) is 0 Å². The van der Waals surface area contributed by atoms with Crippen molar-refractivity contribution < 1.29 is 14.7 Å². The van der Waals surface area contributed by atoms with Crippen LogP contribution >= 0.6 is 11.8 Å². The van der Waals surface area contributed by atoms with Crippen LogP contribution in [-0.2, 0) is 9.59 Å². The van der Waals surface area contributed by atoms with Gasteiger partial charge in [0, 0.05) is 0 Å². The molecule has 0 fully saturated rings. The fourth-order valence-electron chi connectivity index (χ4n) is 0.829. The van der Waals surface area contributed by atoms with Gasteiger partial charge in [-0.3, -0.25) is 9.59 Å². The lowest BCUT2D eigenvalue weighted by Crippen LogP contribution is -2.39. The molecule has 0 aromatic rings. The Bertz CT molecular complexity index is 219. The summed E-state index contributed by atoms with van der Waals surface area (Å²) < 4.78 is 0. The predicted octanol–water partition coefficient (Wildman–Crippen LogP) is 1.35. The zero-order valence-corrected chi connectivity index (χ0v) is 10.3. The first kappa shape index (κ1) is 14.3. The molecule has 0 saturated heterocycles. The van der Waals surface area contributed by atoms with Crippen molar-refractivity contribution in [3.8, 4) is 0 Å². The van der Waals surface area contributed by atoms with E-state index in [0.717, 1.165) is 12.2 Å². The van der Waals surface area contributed by atoms with Crippen molar-refractivity contribution in [1.29, 1.82) is 0 Å². The molecule has 88 valence electrons. The molecule has 0 bridgehead atoms. The van der Waals surface area contributed by atoms with Crippen LogP contribution in [0.25, 0.3) is 0 Å². The number of carbonyl (C=O) groups is 2. The second kappa shape index (κ2) is 7.56. The largest absolute Gasteiger partial charge is 0.480 e. The normalized spacial score (nSPS) is 12.5. The standard InChI is InChI=1S/C10H19NO3S/c1-7(2)4-5-15-6-9(12)11-8(3)10(13)14/h7-8H,4-6H2,1-3H3,(H,11,12)(H,13,14)/t8-/m1/s1. The Hall–Kier alpha value is -0.710. The minimum absolute atomic E-state index is 0.210. The van der Waals surface area contributed by atoms with E-state index in [2.05, 4.69) is 19.2 Å². The number of hydrogen-bond acceptors (Lipinski definition) is 3. The van der Waals surface area contributed by atoms with Gasteiger partial charge in [-0.05, 0) is 25.0 Å². The van der Waals surface area contributed by atoms with Crippen LogP contribution in [0.2, 0.25) is 0 Å². The molecule has 1 atom stereocenters. The molecule has 0 saturated carbocycles. The molecule has 2 N–H and O–H groups in total. The van der Waals surface area contributed by atoms with Gasteiger partial charge in [-0.15, -0.1) is 0 Å². The van der Waals surface area contributed by atoms with Crippen LogP contribution in [0.5, 0.6) is 0 Å². The maximum Gasteiger partial charge on any atom is 0.325 e. The van der Waals surface area contributed by atoms with Gasteiger partial charge in [-0.1, -0.05) is 13.8 Å². The molecule has 4 nitrogen and oxygen atoms in total. The zero-order chi connectivity index (χ0) is 11.8. The number of hydrogen-bond donors (Lipinski definition) is 2. The Kier molecular flexibility index (Phi) is 7.21. The average Bonchev–Trinajstić information content (AvgIpc) is 2.12. The molecule has 0 rings (SSSR count). The predicted molar refractivity (Wildman–Crippen MR) is 62.0 cm³/mol. The van der Waals surface area contributed by atoms with E-state index >= 15 is 0 Å². The number of carboxylic acid groups (broad SMARTS) is 1. The van der Waals surface area contributed by atoms with E-state index in [0.29, 0.717) is 11.7 Å². The van der Waals surface area contributed by atoms with E-state index in [-0.39, 0.29) is 5.91 Å². The Labute approximate surface area is 94.8 Å². The number of thioether (sulfide) groups is 1. The van der Waals surface area contributed by atoms with Gasteiger partial charge in [-0.2, -0.15) is 11.8 Å². The van der Waals surface area contributed by atoms with E-state index in [1.807, 2.05) is 0 Å². The number of aliphatic carboxylic acids is 1. The van der Waals surface area contributed by atoms with Crippen LogP contribution in [0.1, 0.15) is 27.2 Å². The molecule has 0 aliphatic heterocycles. The highest BCUT2D eigenvalue weighted by molar-refractivity contribution is 7.99. The van der Waals surface area contributed by atoms with Crippen molar-refractivity contribution in [2.75, 3.05) is 11.5 Å². The van der Waals surface area contributed by atoms with Gasteiger partial charge < -0.3 is 10.4 Å². The van der Waals surface area contributed by atoms with Gasteiger partial charge >= 0.3 is 5.97 Å². The van der Waals surface area contributed by atoms with Gasteiger partial charge in [-0.25, -0.2) is 0 Å². The van der Waals surface area contributed by atoms with Crippen LogP contribution in [0.15, 0.2) is 0 Å². The smallest absolute Gasteiger partial charge is 0.325 e. The highest BCUT2D eigenvalue weighted by Gasteiger charge is 2.13. The van der Waals surface area contributed by atoms with Gasteiger partial charge in [0.2, 0.25) is 5.91 Å². The van der Waals surface area contributed by atoms with Gasteiger partial charge in [0.05, 0.1) is 5.75 Å². The molecule has 0 aromatic heterocycles. The van der Waals surface area contributed by atoms with E-state index < -0.39 is 12.0 Å². The third kappa shape index (κ3) is 8.30. The lowest BCUT2D eigenvalue weighted by Gasteiger charge is -2.09. The van der Waals surface area contributed by atoms with E-state index in [1.54, 1.807) is 0 Å². The highest BCUT2D eigenvalue weighted by Crippen LogP contribution is 2.08. The Morgan fingerprint density at radius 3 is 2.40 bits per heavy atom. The van der Waals surface area contributed by atoms with Gasteiger partial charge in [0.25, 0.3) is 0 Å². The molecule has 5 heteroatoms. The Morgan fingerprint density at radius 1 is 1.33 bits per heavy atom. The summed E-state index contributed by atoms with van der Waals surface area (Å²) in [7, 11) is 0. The SMILES string of the molecule is CC(C)CCSCC(=O)N[C@H](C)C(=O)O. The minimum atomic E-state index is -1.00. The van der Waals surface area contributed by atoms with Crippen molar-refractivity contribution in [3.63, 3.8) is 0 Å². The zero-order valence-electron chi connectivity index (χ0n) is 9.45. The Balaban J connectivity index is 3.54. The van der Waals surface area contributed by atoms with Crippen molar-refractivity contribution in [2.24, 2.45) is 5.92 Å². The third-order valence-electron chi connectivity index (χ3n) is 1.82. The summed E-state index contributed by atoms with van der Waals surface area (Å²) in [6.07, 6.45) is 1.08. The minimum Gasteiger partial charge on any atom is -0.480 e. The number of carbonyl (C=O) groups excluding carboxylic acids is 1. The first-order valence-electron chi connectivity index (χ1n) is 5.03. The quantitative estimate of drug-likeness (QED) is 0.651. The molecule has 0 heterocycles. The molecule has 0 aromatic carbocycles. The summed E-state index contributed by atoms with van der Waals surface area (Å²) >= 11 is 1.54. The summed E-state index contributed by atoms with van der Waals surface area (Å²) in [4.78, 5) is 21.6. The summed E-state index contributed by atoms with van der Waals surface area (Å²) in [6.45, 7) is 5.72. The van der Waals surface area contributed by atoms with E-state index in [1.165, 1.54) is 18.7 Å². The van der Waals surface area contributed by atoms with Crippen LogP contribution in [0.4, 0.5) is 0 Å². The van der Waals surface area contributed by atoms with Crippen molar-refractivity contribution in [2.45, 2.75) is 33.2 Å². The van der Waals surface area contributed by atoms with Crippen molar-refractivity contribution in [1.82, 2.24) is 5.32 Å². The number of rotatable bonds is 7. The molecule has 0 aliphatic carbocycles. The maximum absolute atomic E-state index is 11.2. The molecular formula is C10H19NO3S. The lowest BCUT2D eigenvalue weighted by atomic mass is 10.2. The first-order valence-corrected chi connectivity index (χ1v) is 6.19. The Morgan fingerprint density at radius 2 is 1.93 bits per heavy atom. The summed E-state index contributed by atoms with van der Waals surface area (Å²) in [5, 5.41) is 11.0. The monoisotopic (exact) mass is 233 g/mol. The molecule has 1 amide bonds. The second-order valence-corrected chi connectivity index (χ2v) is 4.97. The van der Waals surface area contributed by atoms with Crippen LogP contribution in [0, 0.1) is 5.92 Å². The summed E-state index contributed by atoms with van der Waals surface area (Å²) in [5.74, 6) is 0.698. The molecular weight excluding hydrogens is 214 g/mol. The number of carboxylic acids is 1. The van der Waals surface area contributed by atoms with Gasteiger partial charge in [0.15, 0.2) is 0 Å². The lowest BCUT2D eigenvalue weighted by molar-refractivity contribution is -0.140. The molecule has 0 radical (unpaired) electrons. The van der Waals surface area contributed by atoms with Crippen molar-refractivity contribution >= 4 is 23.6 Å². The first-order chi connectivity index (χ1) is 6.93. The number of amides is 1. The van der Waals surface area contributed by atoms with E-state index in [4.69, 9.17) is 5.11 Å². The van der Waals surface area contributed by atoms with E-state index in [9.17, 15) is 9.59 Å². The third-order valence-corrected chi connectivity index (χ3v) is 2.81.